The third-order valence-electron chi connectivity index (χ3n) is 5.89. The first kappa shape index (κ1) is 23.3. The predicted molar refractivity (Wildman–Crippen MR) is 127 cm³/mol. The van der Waals surface area contributed by atoms with Crippen LogP contribution in [0.1, 0.15) is 76.1 Å². The molecule has 158 valence electrons. The molecule has 0 aliphatic carbocycles. The Hall–Kier alpha value is -2.02. The number of allylic oxidation sites excluding steroid dienone is 1. The zero-order valence-corrected chi connectivity index (χ0v) is 19.5. The summed E-state index contributed by atoms with van der Waals surface area (Å²) < 4.78 is 6.10. The predicted octanol–water partition coefficient (Wildman–Crippen LogP) is 7.84. The molecule has 1 heteroatoms. The lowest BCUT2D eigenvalue weighted by Crippen LogP contribution is -2.16. The molecule has 0 saturated heterocycles. The first-order valence-corrected chi connectivity index (χ1v) is 11.2. The maximum absolute atomic E-state index is 6.10. The van der Waals surface area contributed by atoms with E-state index in [0.29, 0.717) is 12.5 Å². The van der Waals surface area contributed by atoms with Crippen molar-refractivity contribution >= 4 is 0 Å². The molecule has 0 heterocycles. The van der Waals surface area contributed by atoms with Crippen molar-refractivity contribution in [1.29, 1.82) is 0 Å². The topological polar surface area (TPSA) is 9.23 Å². The fourth-order valence-corrected chi connectivity index (χ4v) is 4.03. The molecule has 1 nitrogen and oxygen atoms in total. The second-order valence-corrected chi connectivity index (χ2v) is 9.39. The first-order chi connectivity index (χ1) is 13.7. The summed E-state index contributed by atoms with van der Waals surface area (Å²) in [6.07, 6.45) is 5.89. The van der Waals surface area contributed by atoms with E-state index >= 15 is 0 Å². The van der Waals surface area contributed by atoms with E-state index in [-0.39, 0.29) is 5.41 Å². The SMILES string of the molecule is C=C(C)C(CCCCc1ccccc1)Cc1ccc(C(C)(C)C)c(OCC)c1C. The smallest absolute Gasteiger partial charge is 0.126 e. The lowest BCUT2D eigenvalue weighted by molar-refractivity contribution is 0.326. The third kappa shape index (κ3) is 6.77. The molecular formula is C28H40O. The van der Waals surface area contributed by atoms with Crippen LogP contribution in [0.2, 0.25) is 0 Å². The Morgan fingerprint density at radius 3 is 2.31 bits per heavy atom. The Morgan fingerprint density at radius 1 is 1.03 bits per heavy atom. The van der Waals surface area contributed by atoms with Crippen LogP contribution in [0.25, 0.3) is 0 Å². The summed E-state index contributed by atoms with van der Waals surface area (Å²) in [4.78, 5) is 0. The fourth-order valence-electron chi connectivity index (χ4n) is 4.03. The minimum Gasteiger partial charge on any atom is -0.493 e. The van der Waals surface area contributed by atoms with Crippen LogP contribution in [0, 0.1) is 12.8 Å². The molecule has 1 atom stereocenters. The quantitative estimate of drug-likeness (QED) is 0.295. The maximum Gasteiger partial charge on any atom is 0.126 e. The summed E-state index contributed by atoms with van der Waals surface area (Å²) >= 11 is 0. The van der Waals surface area contributed by atoms with Crippen LogP contribution < -0.4 is 4.74 Å². The molecule has 0 aliphatic rings. The number of benzene rings is 2. The van der Waals surface area contributed by atoms with E-state index in [1.54, 1.807) is 0 Å². The van der Waals surface area contributed by atoms with Gasteiger partial charge in [0.25, 0.3) is 0 Å². The van der Waals surface area contributed by atoms with Crippen LogP contribution in [0.4, 0.5) is 0 Å². The highest BCUT2D eigenvalue weighted by Crippen LogP contribution is 2.37. The summed E-state index contributed by atoms with van der Waals surface area (Å²) in [5, 5.41) is 0. The molecule has 0 N–H and O–H groups in total. The molecule has 0 amide bonds. The Bertz CT molecular complexity index is 780. The van der Waals surface area contributed by atoms with Gasteiger partial charge in [0.15, 0.2) is 0 Å². The average Bonchev–Trinajstić information content (AvgIpc) is 2.66. The molecule has 0 aromatic heterocycles. The van der Waals surface area contributed by atoms with Crippen molar-refractivity contribution in [3.05, 3.63) is 76.9 Å². The van der Waals surface area contributed by atoms with Gasteiger partial charge in [-0.2, -0.15) is 0 Å². The van der Waals surface area contributed by atoms with E-state index in [1.165, 1.54) is 47.1 Å². The normalized spacial score (nSPS) is 12.6. The van der Waals surface area contributed by atoms with E-state index < -0.39 is 0 Å². The Kier molecular flexibility index (Phi) is 8.56. The van der Waals surface area contributed by atoms with Crippen LogP contribution in [0.5, 0.6) is 5.75 Å². The maximum atomic E-state index is 6.10. The lowest BCUT2D eigenvalue weighted by Gasteiger charge is -2.26. The van der Waals surface area contributed by atoms with Crippen molar-refractivity contribution in [2.45, 2.75) is 79.1 Å². The minimum atomic E-state index is 0.0823. The summed E-state index contributed by atoms with van der Waals surface area (Å²) in [5.41, 5.74) is 6.82. The first-order valence-electron chi connectivity index (χ1n) is 11.2. The van der Waals surface area contributed by atoms with E-state index in [9.17, 15) is 0 Å². The molecule has 2 aromatic rings. The number of aryl methyl sites for hydroxylation is 1. The van der Waals surface area contributed by atoms with Crippen molar-refractivity contribution in [2.75, 3.05) is 6.61 Å². The van der Waals surface area contributed by atoms with Crippen molar-refractivity contribution in [3.63, 3.8) is 0 Å². The van der Waals surface area contributed by atoms with Gasteiger partial charge in [-0.3, -0.25) is 0 Å². The van der Waals surface area contributed by atoms with Gasteiger partial charge in [0.1, 0.15) is 5.75 Å². The molecule has 0 radical (unpaired) electrons. The molecular weight excluding hydrogens is 352 g/mol. The highest BCUT2D eigenvalue weighted by Gasteiger charge is 2.23. The van der Waals surface area contributed by atoms with E-state index in [4.69, 9.17) is 4.74 Å². The number of rotatable bonds is 10. The van der Waals surface area contributed by atoms with Gasteiger partial charge in [-0.25, -0.2) is 0 Å². The fraction of sp³-hybridized carbons (Fsp3) is 0.500. The van der Waals surface area contributed by atoms with Gasteiger partial charge in [-0.05, 0) is 80.0 Å². The van der Waals surface area contributed by atoms with Gasteiger partial charge in [0.2, 0.25) is 0 Å². The number of hydrogen-bond donors (Lipinski definition) is 0. The van der Waals surface area contributed by atoms with Crippen molar-refractivity contribution in [3.8, 4) is 5.75 Å². The number of unbranched alkanes of at least 4 members (excludes halogenated alkanes) is 1. The molecule has 2 rings (SSSR count). The highest BCUT2D eigenvalue weighted by molar-refractivity contribution is 5.49. The van der Waals surface area contributed by atoms with E-state index in [2.05, 4.69) is 90.6 Å². The molecule has 1 unspecified atom stereocenters. The van der Waals surface area contributed by atoms with E-state index in [1.807, 2.05) is 0 Å². The van der Waals surface area contributed by atoms with Crippen molar-refractivity contribution in [2.24, 2.45) is 5.92 Å². The molecule has 0 bridgehead atoms. The van der Waals surface area contributed by atoms with Gasteiger partial charge in [0.05, 0.1) is 6.61 Å². The van der Waals surface area contributed by atoms with Gasteiger partial charge < -0.3 is 4.74 Å². The molecule has 0 fully saturated rings. The van der Waals surface area contributed by atoms with Crippen molar-refractivity contribution in [1.82, 2.24) is 0 Å². The summed E-state index contributed by atoms with van der Waals surface area (Å²) in [6, 6.07) is 15.4. The van der Waals surface area contributed by atoms with Crippen LogP contribution in [-0.2, 0) is 18.3 Å². The monoisotopic (exact) mass is 392 g/mol. The van der Waals surface area contributed by atoms with Gasteiger partial charge in [-0.1, -0.05) is 81.8 Å². The second kappa shape index (κ2) is 10.7. The van der Waals surface area contributed by atoms with Crippen LogP contribution in [0.15, 0.2) is 54.6 Å². The minimum absolute atomic E-state index is 0.0823. The standard InChI is InChI=1S/C28H40O/c1-8-29-27-22(4)25(18-19-26(27)28(5,6)7)20-24(21(2)3)17-13-12-16-23-14-10-9-11-15-23/h9-11,14-15,18-19,24H,2,8,12-13,16-17,20H2,1,3-7H3. The largest absolute Gasteiger partial charge is 0.493 e. The second-order valence-electron chi connectivity index (χ2n) is 9.39. The zero-order chi connectivity index (χ0) is 21.4. The Balaban J connectivity index is 2.07. The van der Waals surface area contributed by atoms with Crippen LogP contribution in [-0.4, -0.2) is 6.61 Å². The van der Waals surface area contributed by atoms with Gasteiger partial charge in [0, 0.05) is 0 Å². The highest BCUT2D eigenvalue weighted by atomic mass is 16.5. The molecule has 2 aromatic carbocycles. The van der Waals surface area contributed by atoms with Gasteiger partial charge in [-0.15, -0.1) is 0 Å². The van der Waals surface area contributed by atoms with Gasteiger partial charge >= 0.3 is 0 Å². The summed E-state index contributed by atoms with van der Waals surface area (Å²) in [5.74, 6) is 1.61. The molecule has 29 heavy (non-hydrogen) atoms. The zero-order valence-electron chi connectivity index (χ0n) is 19.5. The van der Waals surface area contributed by atoms with Crippen LogP contribution in [0.3, 0.4) is 0 Å². The third-order valence-corrected chi connectivity index (χ3v) is 5.89. The van der Waals surface area contributed by atoms with E-state index in [0.717, 1.165) is 18.6 Å². The number of ether oxygens (including phenoxy) is 1. The van der Waals surface area contributed by atoms with Crippen LogP contribution >= 0.6 is 0 Å². The summed E-state index contributed by atoms with van der Waals surface area (Å²) in [7, 11) is 0. The number of hydrogen-bond acceptors (Lipinski definition) is 1. The van der Waals surface area contributed by atoms with Crippen molar-refractivity contribution < 1.29 is 4.74 Å². The molecule has 0 saturated carbocycles. The lowest BCUT2D eigenvalue weighted by atomic mass is 9.82. The molecule has 0 aliphatic heterocycles. The summed E-state index contributed by atoms with van der Waals surface area (Å²) in [6.45, 7) is 18.3. The Morgan fingerprint density at radius 2 is 1.72 bits per heavy atom. The Labute approximate surface area is 179 Å². The average molecular weight is 393 g/mol. The molecule has 0 spiro atoms.